The van der Waals surface area contributed by atoms with Gasteiger partial charge in [0.05, 0.1) is 0 Å². The van der Waals surface area contributed by atoms with Crippen LogP contribution in [-0.2, 0) is 17.8 Å². The Hall–Kier alpha value is -1.15. The summed E-state index contributed by atoms with van der Waals surface area (Å²) in [6.07, 6.45) is 4.16. The molecule has 0 aliphatic carbocycles. The third-order valence-corrected chi connectivity index (χ3v) is 2.95. The summed E-state index contributed by atoms with van der Waals surface area (Å²) in [6, 6.07) is 8.38. The molecule has 2 heteroatoms. The van der Waals surface area contributed by atoms with Crippen molar-refractivity contribution in [2.75, 3.05) is 13.1 Å². The van der Waals surface area contributed by atoms with Crippen molar-refractivity contribution in [3.63, 3.8) is 0 Å². The molecule has 1 aliphatic heterocycles. The van der Waals surface area contributed by atoms with Crippen LogP contribution in [0.2, 0.25) is 0 Å². The van der Waals surface area contributed by atoms with Gasteiger partial charge in [-0.2, -0.15) is 0 Å². The van der Waals surface area contributed by atoms with E-state index in [1.807, 2.05) is 0 Å². The summed E-state index contributed by atoms with van der Waals surface area (Å²) in [5.74, 6) is 0. The molecule has 1 fully saturated rings. The van der Waals surface area contributed by atoms with Gasteiger partial charge < -0.3 is 4.79 Å². The van der Waals surface area contributed by atoms with Crippen LogP contribution >= 0.6 is 0 Å². The van der Waals surface area contributed by atoms with Crippen LogP contribution in [-0.4, -0.2) is 24.3 Å². The van der Waals surface area contributed by atoms with Crippen LogP contribution < -0.4 is 0 Å². The largest absolute Gasteiger partial charge is 0.303 e. The maximum atomic E-state index is 10.3. The Balaban J connectivity index is 1.93. The van der Waals surface area contributed by atoms with Gasteiger partial charge in [-0.1, -0.05) is 24.3 Å². The molecule has 0 unspecified atom stereocenters. The summed E-state index contributed by atoms with van der Waals surface area (Å²) >= 11 is 0. The Kier molecular flexibility index (Phi) is 3.51. The normalized spacial score (nSPS) is 16.8. The molecule has 0 aromatic heterocycles. The molecule has 0 bridgehead atoms. The average molecular weight is 203 g/mol. The molecule has 15 heavy (non-hydrogen) atoms. The topological polar surface area (TPSA) is 20.3 Å². The van der Waals surface area contributed by atoms with Gasteiger partial charge in [0, 0.05) is 13.0 Å². The SMILES string of the molecule is O=CCc1ccc(CN2CCCC2)cc1. The molecule has 0 saturated carbocycles. The van der Waals surface area contributed by atoms with E-state index in [2.05, 4.69) is 29.2 Å². The maximum absolute atomic E-state index is 10.3. The quantitative estimate of drug-likeness (QED) is 0.698. The fourth-order valence-corrected chi connectivity index (χ4v) is 2.08. The smallest absolute Gasteiger partial charge is 0.124 e. The van der Waals surface area contributed by atoms with Crippen LogP contribution in [0.15, 0.2) is 24.3 Å². The lowest BCUT2D eigenvalue weighted by molar-refractivity contribution is -0.107. The minimum atomic E-state index is 0.532. The molecule has 0 spiro atoms. The Morgan fingerprint density at radius 3 is 2.27 bits per heavy atom. The second-order valence-electron chi connectivity index (χ2n) is 4.17. The number of carbonyl (C=O) groups is 1. The van der Waals surface area contributed by atoms with Gasteiger partial charge in [0.1, 0.15) is 6.29 Å². The highest BCUT2D eigenvalue weighted by Gasteiger charge is 2.11. The Morgan fingerprint density at radius 1 is 1.07 bits per heavy atom. The highest BCUT2D eigenvalue weighted by Crippen LogP contribution is 2.13. The summed E-state index contributed by atoms with van der Waals surface area (Å²) < 4.78 is 0. The molecule has 0 amide bonds. The van der Waals surface area contributed by atoms with Crippen LogP contribution in [0.5, 0.6) is 0 Å². The first kappa shape index (κ1) is 10.4. The standard InChI is InChI=1S/C13H17NO/c15-10-7-12-3-5-13(6-4-12)11-14-8-1-2-9-14/h3-6,10H,1-2,7-9,11H2. The number of carbonyl (C=O) groups excluding carboxylic acids is 1. The first-order valence-electron chi connectivity index (χ1n) is 5.62. The molecular formula is C13H17NO. The molecule has 1 aromatic rings. The summed E-state index contributed by atoms with van der Waals surface area (Å²) in [7, 11) is 0. The number of hydrogen-bond acceptors (Lipinski definition) is 2. The zero-order valence-electron chi connectivity index (χ0n) is 8.98. The van der Waals surface area contributed by atoms with E-state index >= 15 is 0 Å². The number of nitrogens with zero attached hydrogens (tertiary/aromatic N) is 1. The first-order valence-corrected chi connectivity index (χ1v) is 5.62. The van der Waals surface area contributed by atoms with Gasteiger partial charge in [0.2, 0.25) is 0 Å². The Morgan fingerprint density at radius 2 is 1.67 bits per heavy atom. The van der Waals surface area contributed by atoms with Crippen molar-refractivity contribution in [2.24, 2.45) is 0 Å². The number of aldehydes is 1. The van der Waals surface area contributed by atoms with Crippen molar-refractivity contribution in [3.05, 3.63) is 35.4 Å². The summed E-state index contributed by atoms with van der Waals surface area (Å²) in [6.45, 7) is 3.52. The van der Waals surface area contributed by atoms with Gasteiger partial charge in [-0.05, 0) is 37.1 Å². The van der Waals surface area contributed by atoms with E-state index < -0.39 is 0 Å². The third kappa shape index (κ3) is 2.90. The summed E-state index contributed by atoms with van der Waals surface area (Å²) in [4.78, 5) is 12.8. The molecule has 2 rings (SSSR count). The second-order valence-corrected chi connectivity index (χ2v) is 4.17. The van der Waals surface area contributed by atoms with Crippen molar-refractivity contribution in [1.82, 2.24) is 4.90 Å². The van der Waals surface area contributed by atoms with E-state index in [4.69, 9.17) is 0 Å². The van der Waals surface area contributed by atoms with Gasteiger partial charge in [-0.3, -0.25) is 4.90 Å². The monoisotopic (exact) mass is 203 g/mol. The van der Waals surface area contributed by atoms with Gasteiger partial charge in [0.15, 0.2) is 0 Å². The lowest BCUT2D eigenvalue weighted by Crippen LogP contribution is -2.18. The molecular weight excluding hydrogens is 186 g/mol. The molecule has 2 nitrogen and oxygen atoms in total. The number of benzene rings is 1. The minimum Gasteiger partial charge on any atom is -0.303 e. The molecule has 80 valence electrons. The van der Waals surface area contributed by atoms with Gasteiger partial charge in [-0.25, -0.2) is 0 Å². The van der Waals surface area contributed by atoms with Gasteiger partial charge >= 0.3 is 0 Å². The van der Waals surface area contributed by atoms with Gasteiger partial charge in [0.25, 0.3) is 0 Å². The van der Waals surface area contributed by atoms with E-state index in [0.717, 1.165) is 18.4 Å². The molecule has 1 heterocycles. The number of likely N-dealkylation sites (tertiary alicyclic amines) is 1. The molecule has 0 radical (unpaired) electrons. The van der Waals surface area contributed by atoms with Crippen molar-refractivity contribution in [2.45, 2.75) is 25.8 Å². The summed E-state index contributed by atoms with van der Waals surface area (Å²) in [5.41, 5.74) is 2.46. The first-order chi connectivity index (χ1) is 7.38. The number of hydrogen-bond donors (Lipinski definition) is 0. The zero-order valence-corrected chi connectivity index (χ0v) is 8.98. The predicted molar refractivity (Wildman–Crippen MR) is 60.7 cm³/mol. The molecule has 1 aliphatic rings. The van der Waals surface area contributed by atoms with Crippen LogP contribution in [0.4, 0.5) is 0 Å². The Bertz CT molecular complexity index is 312. The van der Waals surface area contributed by atoms with E-state index in [1.54, 1.807) is 0 Å². The van der Waals surface area contributed by atoms with E-state index in [9.17, 15) is 4.79 Å². The number of rotatable bonds is 4. The fourth-order valence-electron chi connectivity index (χ4n) is 2.08. The second kappa shape index (κ2) is 5.08. The van der Waals surface area contributed by atoms with Crippen LogP contribution in [0.1, 0.15) is 24.0 Å². The van der Waals surface area contributed by atoms with E-state index in [0.29, 0.717) is 6.42 Å². The minimum absolute atomic E-state index is 0.532. The van der Waals surface area contributed by atoms with E-state index in [1.165, 1.54) is 31.5 Å². The highest BCUT2D eigenvalue weighted by atomic mass is 16.1. The average Bonchev–Trinajstić information content (AvgIpc) is 2.74. The van der Waals surface area contributed by atoms with E-state index in [-0.39, 0.29) is 0 Å². The van der Waals surface area contributed by atoms with Crippen molar-refractivity contribution >= 4 is 6.29 Å². The van der Waals surface area contributed by atoms with Crippen LogP contribution in [0, 0.1) is 0 Å². The van der Waals surface area contributed by atoms with Gasteiger partial charge in [-0.15, -0.1) is 0 Å². The summed E-state index contributed by atoms with van der Waals surface area (Å²) in [5, 5.41) is 0. The van der Waals surface area contributed by atoms with Crippen molar-refractivity contribution in [3.8, 4) is 0 Å². The lowest BCUT2D eigenvalue weighted by atomic mass is 10.1. The van der Waals surface area contributed by atoms with Crippen molar-refractivity contribution < 1.29 is 4.79 Å². The van der Waals surface area contributed by atoms with Crippen LogP contribution in [0.25, 0.3) is 0 Å². The maximum Gasteiger partial charge on any atom is 0.124 e. The zero-order chi connectivity index (χ0) is 10.5. The highest BCUT2D eigenvalue weighted by molar-refractivity contribution is 5.54. The molecule has 0 N–H and O–H groups in total. The fraction of sp³-hybridized carbons (Fsp3) is 0.462. The lowest BCUT2D eigenvalue weighted by Gasteiger charge is -2.14. The van der Waals surface area contributed by atoms with Crippen molar-refractivity contribution in [1.29, 1.82) is 0 Å². The molecule has 0 atom stereocenters. The van der Waals surface area contributed by atoms with Crippen LogP contribution in [0.3, 0.4) is 0 Å². The Labute approximate surface area is 90.9 Å². The molecule has 1 aromatic carbocycles. The molecule has 1 saturated heterocycles. The predicted octanol–water partition coefficient (Wildman–Crippen LogP) is 2.02. The third-order valence-electron chi connectivity index (χ3n) is 2.95.